The normalized spacial score (nSPS) is 10.5. The van der Waals surface area contributed by atoms with Crippen molar-refractivity contribution in [2.45, 2.75) is 13.5 Å². The molecule has 0 unspecified atom stereocenters. The van der Waals surface area contributed by atoms with Crippen LogP contribution in [0.1, 0.15) is 6.92 Å². The van der Waals surface area contributed by atoms with E-state index in [1.807, 2.05) is 35.8 Å². The second-order valence-electron chi connectivity index (χ2n) is 2.58. The maximum Gasteiger partial charge on any atom is 0.179 e. The SMILES string of the molecule is CCSCCn1ccn(C)c1=S. The van der Waals surface area contributed by atoms with Gasteiger partial charge in [-0.25, -0.2) is 0 Å². The molecule has 0 atom stereocenters. The van der Waals surface area contributed by atoms with Crippen LogP contribution in [0, 0.1) is 4.77 Å². The van der Waals surface area contributed by atoms with Gasteiger partial charge in [0.1, 0.15) is 0 Å². The third-order valence-electron chi connectivity index (χ3n) is 1.70. The van der Waals surface area contributed by atoms with Gasteiger partial charge in [0.05, 0.1) is 0 Å². The van der Waals surface area contributed by atoms with Crippen LogP contribution in [-0.2, 0) is 13.6 Å². The molecule has 0 aliphatic heterocycles. The summed E-state index contributed by atoms with van der Waals surface area (Å²) in [6, 6.07) is 0. The third kappa shape index (κ3) is 2.38. The van der Waals surface area contributed by atoms with Crippen LogP contribution in [-0.4, -0.2) is 20.6 Å². The molecule has 4 heteroatoms. The van der Waals surface area contributed by atoms with Crippen LogP contribution in [0.4, 0.5) is 0 Å². The topological polar surface area (TPSA) is 9.86 Å². The summed E-state index contributed by atoms with van der Waals surface area (Å²) in [5.74, 6) is 2.33. The molecule has 1 rings (SSSR count). The van der Waals surface area contributed by atoms with Crippen molar-refractivity contribution < 1.29 is 0 Å². The van der Waals surface area contributed by atoms with E-state index in [4.69, 9.17) is 12.2 Å². The molecule has 0 aromatic carbocycles. The summed E-state index contributed by atoms with van der Waals surface area (Å²) in [6.45, 7) is 3.20. The van der Waals surface area contributed by atoms with Crippen LogP contribution in [0.25, 0.3) is 0 Å². The molecule has 0 N–H and O–H groups in total. The summed E-state index contributed by atoms with van der Waals surface area (Å²) in [6.07, 6.45) is 4.04. The number of rotatable bonds is 4. The number of aryl methyl sites for hydroxylation is 2. The van der Waals surface area contributed by atoms with Gasteiger partial charge in [-0.1, -0.05) is 6.92 Å². The van der Waals surface area contributed by atoms with Gasteiger partial charge in [0.15, 0.2) is 4.77 Å². The Morgan fingerprint density at radius 1 is 1.50 bits per heavy atom. The lowest BCUT2D eigenvalue weighted by molar-refractivity contribution is 0.728. The number of aromatic nitrogens is 2. The van der Waals surface area contributed by atoms with Crippen molar-refractivity contribution in [3.63, 3.8) is 0 Å². The summed E-state index contributed by atoms with van der Waals surface area (Å²) in [5.41, 5.74) is 0. The summed E-state index contributed by atoms with van der Waals surface area (Å²) in [7, 11) is 1.98. The summed E-state index contributed by atoms with van der Waals surface area (Å²) >= 11 is 7.14. The van der Waals surface area contributed by atoms with Gasteiger partial charge in [0.25, 0.3) is 0 Å². The lowest BCUT2D eigenvalue weighted by Gasteiger charge is -2.00. The predicted molar refractivity (Wildman–Crippen MR) is 57.2 cm³/mol. The van der Waals surface area contributed by atoms with E-state index in [2.05, 4.69) is 11.5 Å². The lowest BCUT2D eigenvalue weighted by atomic mass is 10.7. The zero-order valence-electron chi connectivity index (χ0n) is 7.49. The van der Waals surface area contributed by atoms with Crippen molar-refractivity contribution >= 4 is 24.0 Å². The molecule has 2 nitrogen and oxygen atoms in total. The summed E-state index contributed by atoms with van der Waals surface area (Å²) in [4.78, 5) is 0. The standard InChI is InChI=1S/C8H14N2S2/c1-3-12-7-6-10-5-4-9(2)8(10)11/h4-5H,3,6-7H2,1-2H3. The average molecular weight is 202 g/mol. The molecule has 1 heterocycles. The van der Waals surface area contributed by atoms with Gasteiger partial charge >= 0.3 is 0 Å². The van der Waals surface area contributed by atoms with Crippen molar-refractivity contribution in [3.8, 4) is 0 Å². The van der Waals surface area contributed by atoms with Crippen molar-refractivity contribution in [3.05, 3.63) is 17.2 Å². The van der Waals surface area contributed by atoms with Crippen molar-refractivity contribution in [2.75, 3.05) is 11.5 Å². The first kappa shape index (κ1) is 9.86. The van der Waals surface area contributed by atoms with Crippen LogP contribution in [0.2, 0.25) is 0 Å². The molecule has 0 amide bonds. The maximum absolute atomic E-state index is 5.19. The summed E-state index contributed by atoms with van der Waals surface area (Å²) < 4.78 is 4.98. The minimum absolute atomic E-state index is 0.909. The zero-order chi connectivity index (χ0) is 8.97. The molecule has 0 radical (unpaired) electrons. The molecular formula is C8H14N2S2. The largest absolute Gasteiger partial charge is 0.327 e. The molecule has 0 bridgehead atoms. The van der Waals surface area contributed by atoms with Crippen molar-refractivity contribution in [2.24, 2.45) is 7.05 Å². The van der Waals surface area contributed by atoms with E-state index in [1.165, 1.54) is 5.75 Å². The fourth-order valence-electron chi connectivity index (χ4n) is 0.988. The molecule has 68 valence electrons. The fourth-order valence-corrected chi connectivity index (χ4v) is 1.82. The highest BCUT2D eigenvalue weighted by Gasteiger charge is 1.94. The van der Waals surface area contributed by atoms with Gasteiger partial charge in [-0.15, -0.1) is 0 Å². The molecular weight excluding hydrogens is 188 g/mol. The van der Waals surface area contributed by atoms with Gasteiger partial charge in [-0.2, -0.15) is 11.8 Å². The smallest absolute Gasteiger partial charge is 0.179 e. The van der Waals surface area contributed by atoms with E-state index in [0.29, 0.717) is 0 Å². The first-order chi connectivity index (χ1) is 5.75. The first-order valence-corrected chi connectivity index (χ1v) is 5.61. The van der Waals surface area contributed by atoms with Gasteiger partial charge in [-0.05, 0) is 18.0 Å². The van der Waals surface area contributed by atoms with Crippen molar-refractivity contribution in [1.29, 1.82) is 0 Å². The first-order valence-electron chi connectivity index (χ1n) is 4.05. The third-order valence-corrected chi connectivity index (χ3v) is 3.10. The Morgan fingerprint density at radius 2 is 2.25 bits per heavy atom. The monoisotopic (exact) mass is 202 g/mol. The highest BCUT2D eigenvalue weighted by molar-refractivity contribution is 7.99. The molecule has 12 heavy (non-hydrogen) atoms. The maximum atomic E-state index is 5.19. The molecule has 0 aliphatic carbocycles. The second kappa shape index (κ2) is 4.72. The Hall–Kier alpha value is -0.220. The molecule has 0 saturated carbocycles. The molecule has 0 saturated heterocycles. The Labute approximate surface area is 82.6 Å². The van der Waals surface area contributed by atoms with E-state index < -0.39 is 0 Å². The Morgan fingerprint density at radius 3 is 2.75 bits per heavy atom. The predicted octanol–water partition coefficient (Wildman–Crippen LogP) is 2.31. The fraction of sp³-hybridized carbons (Fsp3) is 0.625. The molecule has 0 spiro atoms. The van der Waals surface area contributed by atoms with E-state index in [1.54, 1.807) is 0 Å². The van der Waals surface area contributed by atoms with E-state index in [0.717, 1.165) is 17.1 Å². The number of thioether (sulfide) groups is 1. The van der Waals surface area contributed by atoms with Crippen LogP contribution in [0.5, 0.6) is 0 Å². The quantitative estimate of drug-likeness (QED) is 0.547. The van der Waals surface area contributed by atoms with Crippen LogP contribution in [0.3, 0.4) is 0 Å². The van der Waals surface area contributed by atoms with Crippen LogP contribution < -0.4 is 0 Å². The Balaban J connectivity index is 2.52. The van der Waals surface area contributed by atoms with Gasteiger partial charge < -0.3 is 9.13 Å². The second-order valence-corrected chi connectivity index (χ2v) is 4.34. The van der Waals surface area contributed by atoms with E-state index in [-0.39, 0.29) is 0 Å². The Bertz CT molecular complexity index is 287. The minimum atomic E-state index is 0.909. The van der Waals surface area contributed by atoms with Gasteiger partial charge in [0.2, 0.25) is 0 Å². The van der Waals surface area contributed by atoms with E-state index in [9.17, 15) is 0 Å². The minimum Gasteiger partial charge on any atom is -0.327 e. The average Bonchev–Trinajstić information content (AvgIpc) is 2.36. The van der Waals surface area contributed by atoms with Gasteiger partial charge in [-0.3, -0.25) is 0 Å². The molecule has 1 aromatic rings. The lowest BCUT2D eigenvalue weighted by Crippen LogP contribution is -2.00. The highest BCUT2D eigenvalue weighted by Crippen LogP contribution is 2.01. The van der Waals surface area contributed by atoms with Gasteiger partial charge in [0, 0.05) is 31.7 Å². The molecule has 0 aliphatic rings. The number of hydrogen-bond donors (Lipinski definition) is 0. The van der Waals surface area contributed by atoms with E-state index >= 15 is 0 Å². The number of imidazole rings is 1. The molecule has 0 fully saturated rings. The summed E-state index contributed by atoms with van der Waals surface area (Å²) in [5, 5.41) is 0. The number of hydrogen-bond acceptors (Lipinski definition) is 2. The van der Waals surface area contributed by atoms with Crippen molar-refractivity contribution in [1.82, 2.24) is 9.13 Å². The van der Waals surface area contributed by atoms with Crippen LogP contribution in [0.15, 0.2) is 12.4 Å². The highest BCUT2D eigenvalue weighted by atomic mass is 32.2. The molecule has 1 aromatic heterocycles. The zero-order valence-corrected chi connectivity index (χ0v) is 9.12. The van der Waals surface area contributed by atoms with Crippen LogP contribution >= 0.6 is 24.0 Å². The number of nitrogens with zero attached hydrogens (tertiary/aromatic N) is 2. The Kier molecular flexibility index (Phi) is 3.88.